The van der Waals surface area contributed by atoms with Crippen LogP contribution in [0.1, 0.15) is 71.1 Å². The lowest BCUT2D eigenvalue weighted by atomic mass is 9.75. The van der Waals surface area contributed by atoms with E-state index >= 15 is 0 Å². The fraction of sp³-hybridized carbons (Fsp3) is 0.400. The van der Waals surface area contributed by atoms with Crippen LogP contribution >= 0.6 is 0 Å². The smallest absolute Gasteiger partial charge is 0.338 e. The molecule has 30 heavy (non-hydrogen) atoms. The minimum absolute atomic E-state index is 0.0721. The zero-order chi connectivity index (χ0) is 21.4. The lowest BCUT2D eigenvalue weighted by molar-refractivity contribution is -0.0174. The van der Waals surface area contributed by atoms with Gasteiger partial charge in [-0.05, 0) is 67.0 Å². The molecule has 0 radical (unpaired) electrons. The second-order valence-electron chi connectivity index (χ2n) is 8.81. The van der Waals surface area contributed by atoms with Gasteiger partial charge in [0.05, 0.1) is 22.4 Å². The third-order valence-corrected chi connectivity index (χ3v) is 6.38. The van der Waals surface area contributed by atoms with Crippen molar-refractivity contribution in [1.82, 2.24) is 0 Å². The Labute approximate surface area is 177 Å². The van der Waals surface area contributed by atoms with E-state index < -0.39 is 0 Å². The molecule has 4 rings (SSSR count). The molecule has 0 N–H and O–H groups in total. The van der Waals surface area contributed by atoms with Crippen molar-refractivity contribution in [2.75, 3.05) is 4.90 Å². The maximum Gasteiger partial charge on any atom is 0.338 e. The summed E-state index contributed by atoms with van der Waals surface area (Å²) in [6.07, 6.45) is 3.07. The molecule has 3 atom stereocenters. The topological polar surface area (TPSA) is 63.7 Å². The number of fused-ring (bicyclic) bond motifs is 1. The molecule has 0 saturated heterocycles. The first-order chi connectivity index (χ1) is 14.4. The first-order valence-corrected chi connectivity index (χ1v) is 10.7. The minimum atomic E-state index is -0.353. The summed E-state index contributed by atoms with van der Waals surface area (Å²) in [7, 11) is 0. The molecule has 2 amide bonds. The Bertz CT molecular complexity index is 944. The fourth-order valence-electron chi connectivity index (χ4n) is 4.63. The quantitative estimate of drug-likeness (QED) is 0.524. The first kappa shape index (κ1) is 20.3. The molecule has 5 heteroatoms. The number of imide groups is 1. The summed E-state index contributed by atoms with van der Waals surface area (Å²) < 4.78 is 5.89. The Hall–Kier alpha value is -2.95. The van der Waals surface area contributed by atoms with Gasteiger partial charge in [-0.3, -0.25) is 9.59 Å². The molecule has 2 aromatic rings. The Kier molecular flexibility index (Phi) is 5.46. The van der Waals surface area contributed by atoms with Crippen LogP contribution in [0.4, 0.5) is 5.69 Å². The highest BCUT2D eigenvalue weighted by Crippen LogP contribution is 2.36. The van der Waals surface area contributed by atoms with Crippen LogP contribution in [0.25, 0.3) is 0 Å². The molecule has 0 bridgehead atoms. The largest absolute Gasteiger partial charge is 0.458 e. The fourth-order valence-corrected chi connectivity index (χ4v) is 4.63. The summed E-state index contributed by atoms with van der Waals surface area (Å²) in [5.41, 5.74) is 1.68. The van der Waals surface area contributed by atoms with Gasteiger partial charge in [0.25, 0.3) is 11.8 Å². The molecule has 1 aliphatic carbocycles. The van der Waals surface area contributed by atoms with Crippen molar-refractivity contribution in [2.45, 2.75) is 46.1 Å². The number of hydrogen-bond donors (Lipinski definition) is 0. The molecule has 3 unspecified atom stereocenters. The molecular weight excluding hydrogens is 378 g/mol. The minimum Gasteiger partial charge on any atom is -0.458 e. The molecule has 1 aliphatic heterocycles. The van der Waals surface area contributed by atoms with Gasteiger partial charge in [0, 0.05) is 0 Å². The summed E-state index contributed by atoms with van der Waals surface area (Å²) in [5.74, 6) is 0.348. The molecular formula is C25H27NO4. The number of esters is 1. The van der Waals surface area contributed by atoms with Gasteiger partial charge >= 0.3 is 5.97 Å². The average Bonchev–Trinajstić information content (AvgIpc) is 2.98. The summed E-state index contributed by atoms with van der Waals surface area (Å²) >= 11 is 0. The lowest BCUT2D eigenvalue weighted by Gasteiger charge is -2.36. The number of anilines is 1. The Morgan fingerprint density at radius 1 is 0.967 bits per heavy atom. The number of amides is 2. The van der Waals surface area contributed by atoms with E-state index in [4.69, 9.17) is 4.74 Å². The zero-order valence-electron chi connectivity index (χ0n) is 17.6. The van der Waals surface area contributed by atoms with Crippen LogP contribution in [0.3, 0.4) is 0 Å². The second kappa shape index (κ2) is 8.05. The third kappa shape index (κ3) is 3.64. The van der Waals surface area contributed by atoms with Gasteiger partial charge in [0.2, 0.25) is 0 Å². The summed E-state index contributed by atoms with van der Waals surface area (Å²) in [6, 6.07) is 13.3. The van der Waals surface area contributed by atoms with Crippen LogP contribution in [-0.4, -0.2) is 23.9 Å². The number of benzene rings is 2. The summed E-state index contributed by atoms with van der Waals surface area (Å²) in [6.45, 7) is 6.56. The highest BCUT2D eigenvalue weighted by atomic mass is 16.5. The van der Waals surface area contributed by atoms with E-state index in [1.54, 1.807) is 48.5 Å². The predicted molar refractivity (Wildman–Crippen MR) is 115 cm³/mol. The van der Waals surface area contributed by atoms with Gasteiger partial charge in [-0.1, -0.05) is 39.3 Å². The standard InChI is InChI=1S/C25H27NO4/c1-15(2)19-13-8-16(3)14-22(19)30-25(29)17-9-11-18(12-10-17)26-23(27)20-6-4-5-7-21(20)24(26)28/h4-7,9-12,15-16,19,22H,8,13-14H2,1-3H3. The highest BCUT2D eigenvalue weighted by molar-refractivity contribution is 6.34. The number of nitrogens with zero attached hydrogens (tertiary/aromatic N) is 1. The average molecular weight is 405 g/mol. The van der Waals surface area contributed by atoms with E-state index in [-0.39, 0.29) is 23.9 Å². The van der Waals surface area contributed by atoms with Crippen LogP contribution in [0.2, 0.25) is 0 Å². The summed E-state index contributed by atoms with van der Waals surface area (Å²) in [4.78, 5) is 39.2. The van der Waals surface area contributed by atoms with Crippen molar-refractivity contribution in [3.63, 3.8) is 0 Å². The van der Waals surface area contributed by atoms with Crippen molar-refractivity contribution in [2.24, 2.45) is 17.8 Å². The van der Waals surface area contributed by atoms with Crippen LogP contribution in [0, 0.1) is 17.8 Å². The number of carbonyl (C=O) groups is 3. The molecule has 0 spiro atoms. The SMILES string of the molecule is CC1CCC(C(C)C)C(OC(=O)c2ccc(N3C(=O)c4ccccc4C3=O)cc2)C1. The van der Waals surface area contributed by atoms with Crippen molar-refractivity contribution < 1.29 is 19.1 Å². The monoisotopic (exact) mass is 405 g/mol. The van der Waals surface area contributed by atoms with Gasteiger partial charge in [-0.25, -0.2) is 9.69 Å². The lowest BCUT2D eigenvalue weighted by Crippen LogP contribution is -2.35. The normalized spacial score (nSPS) is 23.6. The van der Waals surface area contributed by atoms with Crippen LogP contribution in [0.5, 0.6) is 0 Å². The molecule has 1 fully saturated rings. The van der Waals surface area contributed by atoms with E-state index in [2.05, 4.69) is 20.8 Å². The van der Waals surface area contributed by atoms with Crippen LogP contribution < -0.4 is 4.90 Å². The summed E-state index contributed by atoms with van der Waals surface area (Å²) in [5, 5.41) is 0. The van der Waals surface area contributed by atoms with Crippen LogP contribution in [0.15, 0.2) is 48.5 Å². The Morgan fingerprint density at radius 2 is 1.57 bits per heavy atom. The maximum absolute atomic E-state index is 12.8. The van der Waals surface area contributed by atoms with Crippen LogP contribution in [-0.2, 0) is 4.74 Å². The molecule has 2 aromatic carbocycles. The van der Waals surface area contributed by atoms with E-state index in [0.29, 0.717) is 40.1 Å². The Morgan fingerprint density at radius 3 is 2.13 bits per heavy atom. The van der Waals surface area contributed by atoms with E-state index in [1.165, 1.54) is 6.42 Å². The molecule has 1 saturated carbocycles. The number of hydrogen-bond acceptors (Lipinski definition) is 4. The molecule has 156 valence electrons. The van der Waals surface area contributed by atoms with Gasteiger partial charge in [-0.2, -0.15) is 0 Å². The third-order valence-electron chi connectivity index (χ3n) is 6.38. The first-order valence-electron chi connectivity index (χ1n) is 10.7. The molecule has 0 aromatic heterocycles. The van der Waals surface area contributed by atoms with Gasteiger partial charge < -0.3 is 4.74 Å². The zero-order valence-corrected chi connectivity index (χ0v) is 17.6. The van der Waals surface area contributed by atoms with Crippen molar-refractivity contribution >= 4 is 23.5 Å². The number of ether oxygens (including phenoxy) is 1. The van der Waals surface area contributed by atoms with Crippen molar-refractivity contribution in [1.29, 1.82) is 0 Å². The van der Waals surface area contributed by atoms with Gasteiger partial charge in [-0.15, -0.1) is 0 Å². The van der Waals surface area contributed by atoms with E-state index in [9.17, 15) is 14.4 Å². The van der Waals surface area contributed by atoms with Gasteiger partial charge in [0.15, 0.2) is 0 Å². The van der Waals surface area contributed by atoms with Gasteiger partial charge in [0.1, 0.15) is 6.10 Å². The maximum atomic E-state index is 12.8. The van der Waals surface area contributed by atoms with Crippen molar-refractivity contribution in [3.05, 3.63) is 65.2 Å². The van der Waals surface area contributed by atoms with E-state index in [0.717, 1.165) is 17.7 Å². The molecule has 5 nitrogen and oxygen atoms in total. The van der Waals surface area contributed by atoms with E-state index in [1.807, 2.05) is 0 Å². The second-order valence-corrected chi connectivity index (χ2v) is 8.81. The predicted octanol–water partition coefficient (Wildman–Crippen LogP) is 5.10. The number of rotatable bonds is 4. The molecule has 2 aliphatic rings. The highest BCUT2D eigenvalue weighted by Gasteiger charge is 2.37. The Balaban J connectivity index is 1.49. The number of carbonyl (C=O) groups excluding carboxylic acids is 3. The molecule has 1 heterocycles. The van der Waals surface area contributed by atoms with Crippen molar-refractivity contribution in [3.8, 4) is 0 Å².